The first-order valence-electron chi connectivity index (χ1n) is 5.10. The van der Waals surface area contributed by atoms with Crippen molar-refractivity contribution < 1.29 is 4.74 Å². The third kappa shape index (κ3) is 4.94. The second-order valence-corrected chi connectivity index (χ2v) is 3.21. The monoisotopic (exact) mass is 194 g/mol. The Hall–Kier alpha value is -0.930. The minimum atomic E-state index is 0.713. The van der Waals surface area contributed by atoms with Crippen LogP contribution in [-0.2, 0) is 11.2 Å². The highest BCUT2D eigenvalue weighted by atomic mass is 16.5. The molecular formula is C11H18N2O. The summed E-state index contributed by atoms with van der Waals surface area (Å²) >= 11 is 0. The van der Waals surface area contributed by atoms with Crippen molar-refractivity contribution in [3.63, 3.8) is 0 Å². The predicted octanol–water partition coefficient (Wildman–Crippen LogP) is 1.38. The average molecular weight is 194 g/mol. The van der Waals surface area contributed by atoms with Gasteiger partial charge < -0.3 is 10.5 Å². The maximum absolute atomic E-state index is 5.40. The third-order valence-corrected chi connectivity index (χ3v) is 2.00. The minimum absolute atomic E-state index is 0.713. The number of nitrogens with zero attached hydrogens (tertiary/aromatic N) is 1. The van der Waals surface area contributed by atoms with E-state index in [1.807, 2.05) is 24.5 Å². The lowest BCUT2D eigenvalue weighted by Crippen LogP contribution is -2.05. The van der Waals surface area contributed by atoms with Gasteiger partial charge in [-0.15, -0.1) is 0 Å². The Morgan fingerprint density at radius 2 is 1.86 bits per heavy atom. The highest BCUT2D eigenvalue weighted by molar-refractivity contribution is 5.09. The number of aromatic nitrogens is 1. The number of ether oxygens (including phenoxy) is 1. The lowest BCUT2D eigenvalue weighted by atomic mass is 10.1. The van der Waals surface area contributed by atoms with Crippen LogP contribution in [0.15, 0.2) is 24.5 Å². The van der Waals surface area contributed by atoms with Gasteiger partial charge >= 0.3 is 0 Å². The minimum Gasteiger partial charge on any atom is -0.381 e. The molecule has 78 valence electrons. The number of nitrogens with two attached hydrogens (primary N) is 1. The molecule has 1 heterocycles. The Kier molecular flexibility index (Phi) is 5.95. The van der Waals surface area contributed by atoms with Crippen molar-refractivity contribution in [1.82, 2.24) is 4.98 Å². The summed E-state index contributed by atoms with van der Waals surface area (Å²) in [6, 6.07) is 4.08. The molecule has 0 fully saturated rings. The van der Waals surface area contributed by atoms with Crippen LogP contribution >= 0.6 is 0 Å². The topological polar surface area (TPSA) is 48.1 Å². The summed E-state index contributed by atoms with van der Waals surface area (Å²) < 4.78 is 5.40. The van der Waals surface area contributed by atoms with Gasteiger partial charge in [-0.05, 0) is 43.5 Å². The van der Waals surface area contributed by atoms with E-state index < -0.39 is 0 Å². The lowest BCUT2D eigenvalue weighted by Gasteiger charge is -2.02. The Balaban J connectivity index is 1.99. The second-order valence-electron chi connectivity index (χ2n) is 3.21. The van der Waals surface area contributed by atoms with Crippen LogP contribution in [0, 0.1) is 0 Å². The SMILES string of the molecule is NCCCOCCCc1ccncc1. The molecule has 1 aromatic rings. The Morgan fingerprint density at radius 3 is 2.57 bits per heavy atom. The quantitative estimate of drug-likeness (QED) is 0.667. The molecule has 0 aliphatic heterocycles. The maximum Gasteiger partial charge on any atom is 0.0478 e. The van der Waals surface area contributed by atoms with E-state index in [2.05, 4.69) is 4.98 Å². The molecule has 3 heteroatoms. The molecule has 0 atom stereocenters. The summed E-state index contributed by atoms with van der Waals surface area (Å²) in [5.74, 6) is 0. The van der Waals surface area contributed by atoms with Crippen LogP contribution in [0.5, 0.6) is 0 Å². The van der Waals surface area contributed by atoms with Gasteiger partial charge in [0, 0.05) is 25.6 Å². The van der Waals surface area contributed by atoms with E-state index in [0.717, 1.165) is 32.5 Å². The fourth-order valence-corrected chi connectivity index (χ4v) is 1.22. The van der Waals surface area contributed by atoms with E-state index >= 15 is 0 Å². The molecule has 0 saturated heterocycles. The van der Waals surface area contributed by atoms with Gasteiger partial charge in [-0.1, -0.05) is 0 Å². The Morgan fingerprint density at radius 1 is 1.14 bits per heavy atom. The molecule has 0 saturated carbocycles. The number of hydrogen-bond donors (Lipinski definition) is 1. The zero-order valence-corrected chi connectivity index (χ0v) is 8.48. The van der Waals surface area contributed by atoms with Gasteiger partial charge in [0.2, 0.25) is 0 Å². The van der Waals surface area contributed by atoms with E-state index in [1.54, 1.807) is 0 Å². The highest BCUT2D eigenvalue weighted by Gasteiger charge is 1.92. The zero-order valence-electron chi connectivity index (χ0n) is 8.48. The molecule has 14 heavy (non-hydrogen) atoms. The number of hydrogen-bond acceptors (Lipinski definition) is 3. The molecule has 2 N–H and O–H groups in total. The van der Waals surface area contributed by atoms with Crippen LogP contribution in [0.2, 0.25) is 0 Å². The van der Waals surface area contributed by atoms with Gasteiger partial charge in [0.15, 0.2) is 0 Å². The van der Waals surface area contributed by atoms with Gasteiger partial charge in [0.25, 0.3) is 0 Å². The van der Waals surface area contributed by atoms with E-state index in [9.17, 15) is 0 Å². The van der Waals surface area contributed by atoms with Crippen LogP contribution in [-0.4, -0.2) is 24.7 Å². The standard InChI is InChI=1S/C11H18N2O/c12-6-2-10-14-9-1-3-11-4-7-13-8-5-11/h4-5,7-8H,1-3,6,9-10,12H2. The van der Waals surface area contributed by atoms with E-state index in [1.165, 1.54) is 5.56 Å². The first-order chi connectivity index (χ1) is 6.93. The fourth-order valence-electron chi connectivity index (χ4n) is 1.22. The van der Waals surface area contributed by atoms with Crippen molar-refractivity contribution in [2.45, 2.75) is 19.3 Å². The van der Waals surface area contributed by atoms with E-state index in [4.69, 9.17) is 10.5 Å². The molecular weight excluding hydrogens is 176 g/mol. The number of pyridine rings is 1. The summed E-state index contributed by atoms with van der Waals surface area (Å²) in [5.41, 5.74) is 6.67. The third-order valence-electron chi connectivity index (χ3n) is 2.00. The van der Waals surface area contributed by atoms with Gasteiger partial charge in [-0.25, -0.2) is 0 Å². The van der Waals surface area contributed by atoms with Crippen molar-refractivity contribution in [1.29, 1.82) is 0 Å². The first kappa shape index (κ1) is 11.1. The van der Waals surface area contributed by atoms with Gasteiger partial charge in [0.1, 0.15) is 0 Å². The molecule has 0 radical (unpaired) electrons. The summed E-state index contributed by atoms with van der Waals surface area (Å²) in [5, 5.41) is 0. The predicted molar refractivity (Wildman–Crippen MR) is 57.0 cm³/mol. The first-order valence-corrected chi connectivity index (χ1v) is 5.10. The van der Waals surface area contributed by atoms with Crippen LogP contribution in [0.3, 0.4) is 0 Å². The summed E-state index contributed by atoms with van der Waals surface area (Å²) in [6.07, 6.45) is 6.73. The molecule has 0 bridgehead atoms. The van der Waals surface area contributed by atoms with Gasteiger partial charge in [0.05, 0.1) is 0 Å². The fraction of sp³-hybridized carbons (Fsp3) is 0.545. The van der Waals surface area contributed by atoms with Crippen LogP contribution in [0.25, 0.3) is 0 Å². The summed E-state index contributed by atoms with van der Waals surface area (Å²) in [7, 11) is 0. The molecule has 1 aromatic heterocycles. The van der Waals surface area contributed by atoms with Crippen LogP contribution < -0.4 is 5.73 Å². The second kappa shape index (κ2) is 7.47. The molecule has 3 nitrogen and oxygen atoms in total. The van der Waals surface area contributed by atoms with Crippen molar-refractivity contribution in [2.24, 2.45) is 5.73 Å². The summed E-state index contributed by atoms with van der Waals surface area (Å²) in [4.78, 5) is 3.97. The highest BCUT2D eigenvalue weighted by Crippen LogP contribution is 2.00. The van der Waals surface area contributed by atoms with Crippen molar-refractivity contribution in [3.8, 4) is 0 Å². The molecule has 0 spiro atoms. The average Bonchev–Trinajstić information content (AvgIpc) is 2.25. The molecule has 0 unspecified atom stereocenters. The van der Waals surface area contributed by atoms with E-state index in [-0.39, 0.29) is 0 Å². The van der Waals surface area contributed by atoms with Crippen molar-refractivity contribution in [3.05, 3.63) is 30.1 Å². The summed E-state index contributed by atoms with van der Waals surface area (Å²) in [6.45, 7) is 2.32. The normalized spacial score (nSPS) is 10.4. The number of rotatable bonds is 7. The molecule has 0 aliphatic rings. The molecule has 0 amide bonds. The van der Waals surface area contributed by atoms with Crippen LogP contribution in [0.1, 0.15) is 18.4 Å². The maximum atomic E-state index is 5.40. The van der Waals surface area contributed by atoms with Gasteiger partial charge in [-0.3, -0.25) is 4.98 Å². The van der Waals surface area contributed by atoms with Crippen molar-refractivity contribution >= 4 is 0 Å². The lowest BCUT2D eigenvalue weighted by molar-refractivity contribution is 0.131. The smallest absolute Gasteiger partial charge is 0.0478 e. The largest absolute Gasteiger partial charge is 0.381 e. The zero-order chi connectivity index (χ0) is 10.1. The number of aryl methyl sites for hydroxylation is 1. The Bertz CT molecular complexity index is 226. The molecule has 0 aliphatic carbocycles. The molecule has 0 aromatic carbocycles. The van der Waals surface area contributed by atoms with Crippen molar-refractivity contribution in [2.75, 3.05) is 19.8 Å². The Labute approximate surface area is 85.3 Å². The van der Waals surface area contributed by atoms with E-state index in [0.29, 0.717) is 6.54 Å². The van der Waals surface area contributed by atoms with Crippen LogP contribution in [0.4, 0.5) is 0 Å². The molecule has 1 rings (SSSR count). The van der Waals surface area contributed by atoms with Gasteiger partial charge in [-0.2, -0.15) is 0 Å².